The Balaban J connectivity index is 0.000000128. The maximum absolute atomic E-state index is 16.0. The van der Waals surface area contributed by atoms with E-state index in [1.165, 1.54) is 102 Å². The molecule has 3 N–H and O–H groups in total. The highest BCUT2D eigenvalue weighted by Crippen LogP contribution is 2.52. The molecule has 4 atom stereocenters. The number of nitrogens with zero attached hydrogens (tertiary/aromatic N) is 21. The predicted molar refractivity (Wildman–Crippen MR) is 472 cm³/mol. The van der Waals surface area contributed by atoms with Gasteiger partial charge in [-0.2, -0.15) is 15.0 Å². The number of fused-ring (bicyclic) bond motifs is 3. The Bertz CT molecular complexity index is 6650. The van der Waals surface area contributed by atoms with Crippen molar-refractivity contribution in [1.29, 1.82) is 0 Å². The number of benzene rings is 3. The normalized spacial score (nSPS) is 19.2. The summed E-state index contributed by atoms with van der Waals surface area (Å²) < 4.78 is 138. The Kier molecular flexibility index (Phi) is 22.6. The van der Waals surface area contributed by atoms with E-state index in [0.717, 1.165) is 107 Å². The van der Waals surface area contributed by atoms with Gasteiger partial charge in [0.1, 0.15) is 82.5 Å². The lowest BCUT2D eigenvalue weighted by Crippen LogP contribution is -2.58. The summed E-state index contributed by atoms with van der Waals surface area (Å²) in [5.74, 6) is -9.79. The van der Waals surface area contributed by atoms with Crippen LogP contribution in [0.1, 0.15) is 174 Å². The molecule has 0 radical (unpaired) electrons. The Morgan fingerprint density at radius 1 is 0.379 bits per heavy atom. The molecule has 3 amide bonds. The number of nitrogens with two attached hydrogens (primary N) is 1. The molecule has 6 saturated carbocycles. The average Bonchev–Trinajstić information content (AvgIpc) is 1.35. The second-order valence-electron chi connectivity index (χ2n) is 35.3. The molecule has 3 aromatic carbocycles. The number of piperazine rings is 3. The van der Waals surface area contributed by atoms with Gasteiger partial charge in [0.25, 0.3) is 17.7 Å². The largest absolute Gasteiger partial charge is 0.507 e. The standard InChI is InChI=1S/C32H30F3N7O2.C31H29F3N8O2.C31H28F3N7O3/c1-16-14-41(31(43)18(3)33)17(2)13-40(16)29-22-12-24(35)27(21-6-4-5-7-23(21)34)38-30(22)42(32(44)39-29)28-25(19-8-9-19)36-15-37-26(28)20-10-11-20;1-15-13-40(30(43)16(2)32)10-11-41(15)28-19-12-21(34)26(23-20(33)4-3-5-22(23)35)38-29(19)42(31(44)39-28)27-24(17-6-7-17)36-14-37-25(27)18-8-9-18;1-15-13-39(30(43)16(2)32)10-11-40(15)28-19-12-21(34)26(23-20(33)4-3-5-22(23)42)37-29(19)41(31(44)38-28)27-24(17-6-7-17)35-14-36-25(27)18-8-9-18/h4-7,12,15-17,19-20H,3,8-11,13-14H2,1-2H3;3-5,12,14-15,17-18H,2,6-11,13,35H2,1H3;3-5,12,14-15,17-18,42H,2,6-11,13H2,1H3/t16-,17+;2*15-/m000/s1. The van der Waals surface area contributed by atoms with E-state index in [2.05, 4.69) is 79.5 Å². The molecule has 0 spiro atoms. The first kappa shape index (κ1) is 87.1. The minimum Gasteiger partial charge on any atom is -0.507 e. The first-order valence-electron chi connectivity index (χ1n) is 43.9. The van der Waals surface area contributed by atoms with E-state index in [4.69, 9.17) is 5.73 Å². The summed E-state index contributed by atoms with van der Waals surface area (Å²) in [6.07, 6.45) is 15.3. The van der Waals surface area contributed by atoms with Gasteiger partial charge in [-0.05, 0) is 159 Å². The van der Waals surface area contributed by atoms with Crippen LogP contribution < -0.4 is 37.5 Å². The van der Waals surface area contributed by atoms with Crippen molar-refractivity contribution in [1.82, 2.24) is 88.2 Å². The molecule has 12 aromatic rings. The van der Waals surface area contributed by atoms with Crippen LogP contribution in [-0.2, 0) is 14.4 Å². The van der Waals surface area contributed by atoms with Crippen LogP contribution in [0.5, 0.6) is 5.75 Å². The van der Waals surface area contributed by atoms with Crippen molar-refractivity contribution in [3.05, 3.63) is 236 Å². The lowest BCUT2D eigenvalue weighted by molar-refractivity contribution is -0.131. The molecule has 9 fully saturated rings. The number of aromatic nitrogens is 15. The first-order valence-corrected chi connectivity index (χ1v) is 43.9. The fourth-order valence-corrected chi connectivity index (χ4v) is 18.3. The minimum absolute atomic E-state index is 0.000458. The van der Waals surface area contributed by atoms with Gasteiger partial charge in [-0.1, -0.05) is 44.0 Å². The number of nitrogen functional groups attached to an aromatic ring is 1. The van der Waals surface area contributed by atoms with Crippen LogP contribution in [0.15, 0.2) is 149 Å². The Morgan fingerprint density at radius 3 is 1.07 bits per heavy atom. The molecule has 12 heterocycles. The predicted octanol–water partition coefficient (Wildman–Crippen LogP) is 14.0. The molecule has 29 nitrogen and oxygen atoms in total. The van der Waals surface area contributed by atoms with Crippen molar-refractivity contribution in [2.75, 3.05) is 72.8 Å². The second-order valence-corrected chi connectivity index (χ2v) is 35.3. The Hall–Kier alpha value is -14.2. The maximum atomic E-state index is 16.0. The topological polar surface area (TPSA) is 338 Å². The van der Waals surface area contributed by atoms with Crippen LogP contribution in [0.3, 0.4) is 0 Å². The Labute approximate surface area is 747 Å². The zero-order valence-electron chi connectivity index (χ0n) is 72.0. The molecule has 678 valence electrons. The van der Waals surface area contributed by atoms with Crippen LogP contribution in [0, 0.1) is 34.9 Å². The lowest BCUT2D eigenvalue weighted by Gasteiger charge is -2.44. The molecule has 3 saturated heterocycles. The van der Waals surface area contributed by atoms with E-state index in [0.29, 0.717) is 39.8 Å². The minimum atomic E-state index is -1.07. The molecule has 21 rings (SSSR count). The molecule has 9 aliphatic rings. The molecule has 132 heavy (non-hydrogen) atoms. The van der Waals surface area contributed by atoms with Crippen LogP contribution in [-0.4, -0.2) is 188 Å². The van der Waals surface area contributed by atoms with Gasteiger partial charge in [0.05, 0.1) is 78.5 Å². The average molecular weight is 1810 g/mol. The first-order chi connectivity index (χ1) is 63.4. The number of phenols is 1. The van der Waals surface area contributed by atoms with E-state index < -0.39 is 128 Å². The van der Waals surface area contributed by atoms with Gasteiger partial charge in [-0.15, -0.1) is 0 Å². The van der Waals surface area contributed by atoms with Gasteiger partial charge in [-0.3, -0.25) is 14.4 Å². The SMILES string of the molecule is C=C(F)C(=O)N1CCN(c2nc(=O)n(-c3c(C4CC4)ncnc3C3CC3)c3nc(-c4c(N)cccc4F)c(F)cc23)[C@@H](C)C1.C=C(F)C(=O)N1CCN(c2nc(=O)n(-c3c(C4CC4)ncnc3C3CC3)c3nc(-c4c(O)cccc4F)c(F)cc23)[C@@H](C)C1.C=C(F)C(=O)N1C[C@H](C)N(c2nc(=O)n(-c3c(C4CC4)ncnc3C3CC3)c3nc(-c4ccccc4F)c(F)cc23)C[C@H]1C. The van der Waals surface area contributed by atoms with Crippen molar-refractivity contribution in [3.63, 3.8) is 0 Å². The van der Waals surface area contributed by atoms with Gasteiger partial charge in [0.2, 0.25) is 0 Å². The number of carbonyl (C=O) groups is 3. The molecular formula is C94H87F9N22O7. The second kappa shape index (κ2) is 34.2. The monoisotopic (exact) mass is 1810 g/mol. The molecular weight excluding hydrogens is 1720 g/mol. The molecule has 0 bridgehead atoms. The van der Waals surface area contributed by atoms with Crippen LogP contribution in [0.4, 0.5) is 62.7 Å². The van der Waals surface area contributed by atoms with Gasteiger partial charge < -0.3 is 40.2 Å². The van der Waals surface area contributed by atoms with Crippen molar-refractivity contribution < 1.29 is 59.0 Å². The summed E-state index contributed by atoms with van der Waals surface area (Å²) in [4.78, 5) is 143. The van der Waals surface area contributed by atoms with Crippen molar-refractivity contribution in [3.8, 4) is 56.6 Å². The smallest absolute Gasteiger partial charge is 0.355 e. The summed E-state index contributed by atoms with van der Waals surface area (Å²) >= 11 is 0. The molecule has 38 heteroatoms. The summed E-state index contributed by atoms with van der Waals surface area (Å²) in [5, 5.41) is 11.1. The van der Waals surface area contributed by atoms with Gasteiger partial charge in [0.15, 0.2) is 46.1 Å². The number of hydrogen-bond donors (Lipinski definition) is 2. The molecule has 6 aliphatic carbocycles. The fraction of sp³-hybridized carbons (Fsp3) is 0.362. The fourth-order valence-electron chi connectivity index (χ4n) is 18.3. The van der Waals surface area contributed by atoms with Crippen molar-refractivity contribution in [2.24, 2.45) is 0 Å². The van der Waals surface area contributed by atoms with Crippen LogP contribution in [0.2, 0.25) is 0 Å². The van der Waals surface area contributed by atoms with Crippen molar-refractivity contribution >= 4 is 74.0 Å². The zero-order chi connectivity index (χ0) is 92.6. The van der Waals surface area contributed by atoms with Crippen LogP contribution in [0.25, 0.3) is 83.9 Å². The summed E-state index contributed by atoms with van der Waals surface area (Å²) in [6.45, 7) is 17.6. The number of aromatic hydroxyl groups is 1. The third-order valence-electron chi connectivity index (χ3n) is 25.7. The number of amides is 3. The van der Waals surface area contributed by atoms with Gasteiger partial charge in [-0.25, -0.2) is 112 Å². The third kappa shape index (κ3) is 16.2. The number of pyridine rings is 3. The van der Waals surface area contributed by atoms with E-state index in [1.54, 1.807) is 41.5 Å². The number of rotatable bonds is 18. The van der Waals surface area contributed by atoms with E-state index in [-0.39, 0.29) is 167 Å². The quantitative estimate of drug-likeness (QED) is 0.0458. The number of hydrogen-bond acceptors (Lipinski definition) is 23. The van der Waals surface area contributed by atoms with Crippen molar-refractivity contribution in [2.45, 2.75) is 164 Å². The molecule has 9 aromatic heterocycles. The van der Waals surface area contributed by atoms with E-state index >= 15 is 22.0 Å². The zero-order valence-corrected chi connectivity index (χ0v) is 72.0. The Morgan fingerprint density at radius 2 is 0.712 bits per heavy atom. The lowest BCUT2D eigenvalue weighted by atomic mass is 10.1. The van der Waals surface area contributed by atoms with E-state index in [9.17, 15) is 51.4 Å². The number of phenolic OH excluding ortho intramolecular Hbond substituents is 1. The molecule has 3 aliphatic heterocycles. The molecule has 0 unspecified atom stereocenters. The van der Waals surface area contributed by atoms with Gasteiger partial charge >= 0.3 is 17.1 Å². The van der Waals surface area contributed by atoms with Crippen LogP contribution >= 0.6 is 0 Å². The highest BCUT2D eigenvalue weighted by Gasteiger charge is 2.44. The summed E-state index contributed by atoms with van der Waals surface area (Å²) in [5.41, 5.74) is 8.10. The van der Waals surface area contributed by atoms with E-state index in [1.807, 2.05) is 6.92 Å². The highest BCUT2D eigenvalue weighted by atomic mass is 19.2. The third-order valence-corrected chi connectivity index (χ3v) is 25.7. The summed E-state index contributed by atoms with van der Waals surface area (Å²) in [6, 6.07) is 15.2. The number of carbonyl (C=O) groups excluding carboxylic acids is 3. The summed E-state index contributed by atoms with van der Waals surface area (Å²) in [7, 11) is 0. The number of anilines is 4. The number of halogens is 9. The van der Waals surface area contributed by atoms with Gasteiger partial charge in [0, 0.05) is 123 Å². The highest BCUT2D eigenvalue weighted by molar-refractivity contribution is 5.96. The maximum Gasteiger partial charge on any atom is 0.355 e.